The van der Waals surface area contributed by atoms with E-state index in [1.807, 2.05) is 0 Å². The minimum atomic E-state index is -0.888. The van der Waals surface area contributed by atoms with Gasteiger partial charge in [-0.25, -0.2) is 18.6 Å². The molecule has 7 nitrogen and oxygen atoms in total. The summed E-state index contributed by atoms with van der Waals surface area (Å²) in [6.45, 7) is 1.21. The number of amides is 2. The van der Waals surface area contributed by atoms with Crippen molar-refractivity contribution in [1.29, 1.82) is 0 Å². The lowest BCUT2D eigenvalue weighted by Gasteiger charge is -2.31. The molecular weight excluding hydrogens is 354 g/mol. The monoisotopic (exact) mass is 372 g/mol. The average molecular weight is 372 g/mol. The molecule has 0 spiro atoms. The molecule has 140 valence electrons. The summed E-state index contributed by atoms with van der Waals surface area (Å²) in [5.74, 6) is -0.785. The summed E-state index contributed by atoms with van der Waals surface area (Å²) in [5.41, 5.74) is 1.82. The number of carbonyl (C=O) groups is 1. The lowest BCUT2D eigenvalue weighted by Crippen LogP contribution is -2.40. The standard InChI is InChI=1S/C18H18F2N6O/c19-14-2-1-12(7-15(14)20)16-10-21-17(25-16)11-3-5-26(6-4-11)18(27)24-13-8-22-23-9-13/h1-2,7-11H,3-6H2,(H,21,25)(H,22,23)(H,24,27). The molecule has 27 heavy (non-hydrogen) atoms. The van der Waals surface area contributed by atoms with Crippen molar-refractivity contribution in [2.24, 2.45) is 0 Å². The number of benzene rings is 1. The molecular formula is C18H18F2N6O. The normalized spacial score (nSPS) is 15.1. The first kappa shape index (κ1) is 17.2. The van der Waals surface area contributed by atoms with Crippen LogP contribution >= 0.6 is 0 Å². The van der Waals surface area contributed by atoms with Gasteiger partial charge in [-0.05, 0) is 31.0 Å². The SMILES string of the molecule is O=C(Nc1cn[nH]c1)N1CCC(c2ncc(-c3ccc(F)c(F)c3)[nH]2)CC1. The van der Waals surface area contributed by atoms with Gasteiger partial charge in [0.15, 0.2) is 11.6 Å². The number of nitrogens with one attached hydrogen (secondary N) is 3. The fraction of sp³-hybridized carbons (Fsp3) is 0.278. The summed E-state index contributed by atoms with van der Waals surface area (Å²) < 4.78 is 26.5. The molecule has 3 N–H and O–H groups in total. The Labute approximate surface area is 153 Å². The van der Waals surface area contributed by atoms with Crippen molar-refractivity contribution in [2.45, 2.75) is 18.8 Å². The minimum Gasteiger partial charge on any atom is -0.342 e. The number of hydrogen-bond acceptors (Lipinski definition) is 3. The molecule has 0 saturated carbocycles. The van der Waals surface area contributed by atoms with Crippen LogP contribution in [0.5, 0.6) is 0 Å². The molecule has 0 aliphatic carbocycles. The highest BCUT2D eigenvalue weighted by Crippen LogP contribution is 2.28. The van der Waals surface area contributed by atoms with Gasteiger partial charge in [-0.2, -0.15) is 5.10 Å². The second-order valence-electron chi connectivity index (χ2n) is 6.49. The topological polar surface area (TPSA) is 89.7 Å². The predicted octanol–water partition coefficient (Wildman–Crippen LogP) is 3.49. The van der Waals surface area contributed by atoms with Crippen LogP contribution in [-0.4, -0.2) is 44.2 Å². The molecule has 1 aromatic carbocycles. The van der Waals surface area contributed by atoms with Crippen molar-refractivity contribution in [2.75, 3.05) is 18.4 Å². The van der Waals surface area contributed by atoms with Crippen LogP contribution in [0.15, 0.2) is 36.8 Å². The number of H-pyrrole nitrogens is 2. The van der Waals surface area contributed by atoms with Crippen LogP contribution in [-0.2, 0) is 0 Å². The van der Waals surface area contributed by atoms with E-state index in [1.54, 1.807) is 23.5 Å². The van der Waals surface area contributed by atoms with Crippen molar-refractivity contribution in [3.05, 3.63) is 54.2 Å². The lowest BCUT2D eigenvalue weighted by molar-refractivity contribution is 0.193. The van der Waals surface area contributed by atoms with Crippen LogP contribution in [0.2, 0.25) is 0 Å². The zero-order chi connectivity index (χ0) is 18.8. The molecule has 1 fully saturated rings. The molecule has 2 amide bonds. The van der Waals surface area contributed by atoms with E-state index < -0.39 is 11.6 Å². The molecule has 3 heterocycles. The zero-order valence-electron chi connectivity index (χ0n) is 14.4. The van der Waals surface area contributed by atoms with Crippen molar-refractivity contribution >= 4 is 11.7 Å². The lowest BCUT2D eigenvalue weighted by atomic mass is 9.96. The van der Waals surface area contributed by atoms with Crippen molar-refractivity contribution in [3.8, 4) is 11.3 Å². The number of piperidine rings is 1. The van der Waals surface area contributed by atoms with Crippen LogP contribution < -0.4 is 5.32 Å². The van der Waals surface area contributed by atoms with E-state index in [9.17, 15) is 13.6 Å². The number of imidazole rings is 1. The highest BCUT2D eigenvalue weighted by Gasteiger charge is 2.26. The van der Waals surface area contributed by atoms with E-state index in [4.69, 9.17) is 0 Å². The molecule has 0 atom stereocenters. The van der Waals surface area contributed by atoms with E-state index in [-0.39, 0.29) is 11.9 Å². The van der Waals surface area contributed by atoms with Gasteiger partial charge in [0.1, 0.15) is 5.82 Å². The average Bonchev–Trinajstić information content (AvgIpc) is 3.36. The predicted molar refractivity (Wildman–Crippen MR) is 95.1 cm³/mol. The Morgan fingerprint density at radius 1 is 1.19 bits per heavy atom. The molecule has 1 saturated heterocycles. The Morgan fingerprint density at radius 2 is 2.00 bits per heavy atom. The Balaban J connectivity index is 1.38. The van der Waals surface area contributed by atoms with E-state index in [2.05, 4.69) is 25.5 Å². The van der Waals surface area contributed by atoms with Crippen molar-refractivity contribution < 1.29 is 13.6 Å². The Morgan fingerprint density at radius 3 is 2.70 bits per heavy atom. The van der Waals surface area contributed by atoms with E-state index >= 15 is 0 Å². The van der Waals surface area contributed by atoms with Crippen LogP contribution in [0.4, 0.5) is 19.3 Å². The van der Waals surface area contributed by atoms with Gasteiger partial charge >= 0.3 is 6.03 Å². The van der Waals surface area contributed by atoms with Gasteiger partial charge < -0.3 is 15.2 Å². The smallest absolute Gasteiger partial charge is 0.321 e. The maximum absolute atomic E-state index is 13.4. The maximum Gasteiger partial charge on any atom is 0.321 e. The summed E-state index contributed by atoms with van der Waals surface area (Å²) in [7, 11) is 0. The zero-order valence-corrected chi connectivity index (χ0v) is 14.4. The van der Waals surface area contributed by atoms with Gasteiger partial charge in [-0.15, -0.1) is 0 Å². The van der Waals surface area contributed by atoms with Gasteiger partial charge in [0, 0.05) is 30.8 Å². The number of rotatable bonds is 3. The number of urea groups is 1. The third-order valence-corrected chi connectivity index (χ3v) is 4.74. The number of hydrogen-bond donors (Lipinski definition) is 3. The number of likely N-dealkylation sites (tertiary alicyclic amines) is 1. The Bertz CT molecular complexity index is 931. The maximum atomic E-state index is 13.4. The van der Waals surface area contributed by atoms with Gasteiger partial charge in [0.25, 0.3) is 0 Å². The highest BCUT2D eigenvalue weighted by molar-refractivity contribution is 5.89. The van der Waals surface area contributed by atoms with Crippen molar-refractivity contribution in [3.63, 3.8) is 0 Å². The number of halogens is 2. The fourth-order valence-corrected chi connectivity index (χ4v) is 3.23. The van der Waals surface area contributed by atoms with Crippen molar-refractivity contribution in [1.82, 2.24) is 25.1 Å². The third kappa shape index (κ3) is 3.67. The van der Waals surface area contributed by atoms with E-state index in [0.29, 0.717) is 30.0 Å². The van der Waals surface area contributed by atoms with Gasteiger partial charge in [0.2, 0.25) is 0 Å². The molecule has 3 aromatic rings. The Hall–Kier alpha value is -3.23. The van der Waals surface area contributed by atoms with Crippen LogP contribution in [0.1, 0.15) is 24.6 Å². The van der Waals surface area contributed by atoms with Crippen LogP contribution in [0.3, 0.4) is 0 Å². The fourth-order valence-electron chi connectivity index (χ4n) is 3.23. The molecule has 4 rings (SSSR count). The largest absolute Gasteiger partial charge is 0.342 e. The van der Waals surface area contributed by atoms with Gasteiger partial charge in [-0.3, -0.25) is 5.10 Å². The van der Waals surface area contributed by atoms with E-state index in [1.165, 1.54) is 6.07 Å². The molecule has 2 aromatic heterocycles. The summed E-state index contributed by atoms with van der Waals surface area (Å²) in [4.78, 5) is 21.6. The second kappa shape index (κ2) is 7.18. The number of nitrogens with zero attached hydrogens (tertiary/aromatic N) is 3. The molecule has 0 bridgehead atoms. The molecule has 0 radical (unpaired) electrons. The molecule has 1 aliphatic heterocycles. The summed E-state index contributed by atoms with van der Waals surface area (Å²) in [6.07, 6.45) is 6.33. The summed E-state index contributed by atoms with van der Waals surface area (Å²) in [6, 6.07) is 3.60. The second-order valence-corrected chi connectivity index (χ2v) is 6.49. The van der Waals surface area contributed by atoms with E-state index in [0.717, 1.165) is 30.8 Å². The first-order chi connectivity index (χ1) is 13.1. The first-order valence-corrected chi connectivity index (χ1v) is 8.65. The number of anilines is 1. The number of aromatic nitrogens is 4. The molecule has 0 unspecified atom stereocenters. The number of carbonyl (C=O) groups excluding carboxylic acids is 1. The summed E-state index contributed by atoms with van der Waals surface area (Å²) >= 11 is 0. The van der Waals surface area contributed by atoms with Gasteiger partial charge in [-0.1, -0.05) is 0 Å². The van der Waals surface area contributed by atoms with Gasteiger partial charge in [0.05, 0.1) is 23.8 Å². The summed E-state index contributed by atoms with van der Waals surface area (Å²) in [5, 5.41) is 9.23. The first-order valence-electron chi connectivity index (χ1n) is 8.65. The third-order valence-electron chi connectivity index (χ3n) is 4.74. The quantitative estimate of drug-likeness (QED) is 0.657. The minimum absolute atomic E-state index is 0.156. The molecule has 9 heteroatoms. The highest BCUT2D eigenvalue weighted by atomic mass is 19.2. The Kier molecular flexibility index (Phi) is 4.57. The molecule has 1 aliphatic rings. The van der Waals surface area contributed by atoms with Crippen LogP contribution in [0.25, 0.3) is 11.3 Å². The number of aromatic amines is 2. The van der Waals surface area contributed by atoms with Crippen LogP contribution in [0, 0.1) is 11.6 Å².